The molecule has 1 saturated heterocycles. The van der Waals surface area contributed by atoms with Gasteiger partial charge in [-0.05, 0) is 37.5 Å². The van der Waals surface area contributed by atoms with Crippen molar-refractivity contribution in [2.45, 2.75) is 46.1 Å². The molecule has 4 heteroatoms. The van der Waals surface area contributed by atoms with Crippen LogP contribution < -0.4 is 5.32 Å². The van der Waals surface area contributed by atoms with Gasteiger partial charge in [0.2, 0.25) is 11.8 Å². The highest BCUT2D eigenvalue weighted by Gasteiger charge is 2.35. The molecule has 114 valence electrons. The predicted molar refractivity (Wildman–Crippen MR) is 84.1 cm³/mol. The minimum absolute atomic E-state index is 0.0659. The number of carbonyl (C=O) groups excluding carboxylic acids is 2. The topological polar surface area (TPSA) is 49.4 Å². The highest BCUT2D eigenvalue weighted by Crippen LogP contribution is 2.22. The van der Waals surface area contributed by atoms with Crippen molar-refractivity contribution >= 4 is 17.5 Å². The number of nitrogens with zero attached hydrogens (tertiary/aromatic N) is 1. The van der Waals surface area contributed by atoms with E-state index in [1.807, 2.05) is 38.1 Å². The van der Waals surface area contributed by atoms with E-state index in [9.17, 15) is 9.59 Å². The van der Waals surface area contributed by atoms with Gasteiger partial charge in [0.15, 0.2) is 0 Å². The van der Waals surface area contributed by atoms with Gasteiger partial charge in [-0.1, -0.05) is 26.0 Å². The standard InChI is InChI=1S/C17H24N2O2/c1-11(2)13-5-7-15(8-6-13)18-17(21)14-9-16(20)19(10-14)12(3)4/h5-8,11-12,14H,9-10H2,1-4H3,(H,18,21)/t14-/m0/s1. The second kappa shape index (κ2) is 6.29. The Balaban J connectivity index is 1.97. The minimum Gasteiger partial charge on any atom is -0.339 e. The number of nitrogens with one attached hydrogen (secondary N) is 1. The van der Waals surface area contributed by atoms with Crippen molar-refractivity contribution in [2.24, 2.45) is 5.92 Å². The van der Waals surface area contributed by atoms with Crippen LogP contribution in [0.4, 0.5) is 5.69 Å². The summed E-state index contributed by atoms with van der Waals surface area (Å²) in [5.74, 6) is 0.232. The smallest absolute Gasteiger partial charge is 0.229 e. The van der Waals surface area contributed by atoms with Gasteiger partial charge in [-0.3, -0.25) is 9.59 Å². The fraction of sp³-hybridized carbons (Fsp3) is 0.529. The molecule has 2 rings (SSSR count). The van der Waals surface area contributed by atoms with Crippen LogP contribution in [0.25, 0.3) is 0 Å². The lowest BCUT2D eigenvalue weighted by molar-refractivity contribution is -0.129. The van der Waals surface area contributed by atoms with Crippen LogP contribution in [0.5, 0.6) is 0 Å². The van der Waals surface area contributed by atoms with E-state index in [0.29, 0.717) is 18.9 Å². The third kappa shape index (κ3) is 3.63. The molecular weight excluding hydrogens is 264 g/mol. The number of rotatable bonds is 4. The zero-order valence-electron chi connectivity index (χ0n) is 13.2. The van der Waals surface area contributed by atoms with E-state index in [4.69, 9.17) is 0 Å². The van der Waals surface area contributed by atoms with E-state index in [-0.39, 0.29) is 23.8 Å². The van der Waals surface area contributed by atoms with Crippen LogP contribution in [0, 0.1) is 5.92 Å². The lowest BCUT2D eigenvalue weighted by atomic mass is 10.0. The number of amides is 2. The third-order valence-corrected chi connectivity index (χ3v) is 4.00. The Bertz CT molecular complexity index is 520. The number of hydrogen-bond donors (Lipinski definition) is 1. The molecular formula is C17H24N2O2. The molecule has 0 spiro atoms. The molecule has 1 fully saturated rings. The van der Waals surface area contributed by atoms with Crippen molar-refractivity contribution in [1.82, 2.24) is 4.90 Å². The van der Waals surface area contributed by atoms with Crippen molar-refractivity contribution < 1.29 is 9.59 Å². The van der Waals surface area contributed by atoms with Crippen LogP contribution >= 0.6 is 0 Å². The van der Waals surface area contributed by atoms with Gasteiger partial charge in [0.05, 0.1) is 5.92 Å². The minimum atomic E-state index is -0.246. The first-order valence-electron chi connectivity index (χ1n) is 7.58. The van der Waals surface area contributed by atoms with Gasteiger partial charge in [0.1, 0.15) is 0 Å². The summed E-state index contributed by atoms with van der Waals surface area (Å²) in [4.78, 5) is 25.9. The SMILES string of the molecule is CC(C)c1ccc(NC(=O)[C@H]2CC(=O)N(C(C)C)C2)cc1. The van der Waals surface area contributed by atoms with Gasteiger partial charge in [0, 0.05) is 24.7 Å². The first kappa shape index (κ1) is 15.5. The van der Waals surface area contributed by atoms with Crippen LogP contribution in [0.1, 0.15) is 45.6 Å². The summed E-state index contributed by atoms with van der Waals surface area (Å²) in [5, 5.41) is 2.91. The van der Waals surface area contributed by atoms with Gasteiger partial charge in [-0.2, -0.15) is 0 Å². The van der Waals surface area contributed by atoms with Crippen LogP contribution in [0.2, 0.25) is 0 Å². The van der Waals surface area contributed by atoms with Gasteiger partial charge in [0.25, 0.3) is 0 Å². The van der Waals surface area contributed by atoms with Crippen molar-refractivity contribution in [3.63, 3.8) is 0 Å². The van der Waals surface area contributed by atoms with E-state index in [1.54, 1.807) is 4.90 Å². The molecule has 1 aliphatic rings. The maximum absolute atomic E-state index is 12.3. The summed E-state index contributed by atoms with van der Waals surface area (Å²) in [6.07, 6.45) is 0.314. The summed E-state index contributed by atoms with van der Waals surface area (Å²) in [5.41, 5.74) is 2.04. The number of likely N-dealkylation sites (tertiary alicyclic amines) is 1. The quantitative estimate of drug-likeness (QED) is 0.926. The van der Waals surface area contributed by atoms with Gasteiger partial charge in [-0.25, -0.2) is 0 Å². The van der Waals surface area contributed by atoms with Crippen molar-refractivity contribution in [2.75, 3.05) is 11.9 Å². The summed E-state index contributed by atoms with van der Waals surface area (Å²) in [6, 6.07) is 8.05. The fourth-order valence-corrected chi connectivity index (χ4v) is 2.60. The Hall–Kier alpha value is -1.84. The van der Waals surface area contributed by atoms with Gasteiger partial charge < -0.3 is 10.2 Å². The summed E-state index contributed by atoms with van der Waals surface area (Å²) in [6.45, 7) is 8.74. The number of anilines is 1. The lowest BCUT2D eigenvalue weighted by Gasteiger charge is -2.20. The van der Waals surface area contributed by atoms with E-state index in [2.05, 4.69) is 19.2 Å². The maximum atomic E-state index is 12.3. The molecule has 1 atom stereocenters. The van der Waals surface area contributed by atoms with Crippen LogP contribution in [-0.2, 0) is 9.59 Å². The molecule has 0 bridgehead atoms. The lowest BCUT2D eigenvalue weighted by Crippen LogP contribution is -2.33. The fourth-order valence-electron chi connectivity index (χ4n) is 2.60. The molecule has 0 unspecified atom stereocenters. The van der Waals surface area contributed by atoms with Crippen molar-refractivity contribution in [1.29, 1.82) is 0 Å². The summed E-state index contributed by atoms with van der Waals surface area (Å²) < 4.78 is 0. The zero-order chi connectivity index (χ0) is 15.6. The molecule has 1 aromatic carbocycles. The second-order valence-corrected chi connectivity index (χ2v) is 6.31. The molecule has 1 heterocycles. The number of carbonyl (C=O) groups is 2. The summed E-state index contributed by atoms with van der Waals surface area (Å²) >= 11 is 0. The molecule has 1 aromatic rings. The highest BCUT2D eigenvalue weighted by atomic mass is 16.2. The Labute approximate surface area is 126 Å². The van der Waals surface area contributed by atoms with E-state index in [0.717, 1.165) is 5.69 Å². The average Bonchev–Trinajstić information content (AvgIpc) is 2.81. The average molecular weight is 288 g/mol. The molecule has 0 aromatic heterocycles. The molecule has 1 aliphatic heterocycles. The largest absolute Gasteiger partial charge is 0.339 e. The molecule has 0 aliphatic carbocycles. The number of hydrogen-bond acceptors (Lipinski definition) is 2. The van der Waals surface area contributed by atoms with Crippen LogP contribution in [0.15, 0.2) is 24.3 Å². The first-order chi connectivity index (χ1) is 9.88. The Morgan fingerprint density at radius 1 is 1.19 bits per heavy atom. The molecule has 0 saturated carbocycles. The normalized spacial score (nSPS) is 18.7. The monoisotopic (exact) mass is 288 g/mol. The van der Waals surface area contributed by atoms with Crippen LogP contribution in [0.3, 0.4) is 0 Å². The van der Waals surface area contributed by atoms with Crippen molar-refractivity contribution in [3.8, 4) is 0 Å². The van der Waals surface area contributed by atoms with Gasteiger partial charge in [-0.15, -0.1) is 0 Å². The Morgan fingerprint density at radius 3 is 2.29 bits per heavy atom. The Morgan fingerprint density at radius 2 is 1.81 bits per heavy atom. The summed E-state index contributed by atoms with van der Waals surface area (Å²) in [7, 11) is 0. The van der Waals surface area contributed by atoms with E-state index < -0.39 is 0 Å². The Kier molecular flexibility index (Phi) is 4.66. The third-order valence-electron chi connectivity index (χ3n) is 4.00. The molecule has 4 nitrogen and oxygen atoms in total. The van der Waals surface area contributed by atoms with Crippen LogP contribution in [-0.4, -0.2) is 29.3 Å². The van der Waals surface area contributed by atoms with E-state index >= 15 is 0 Å². The van der Waals surface area contributed by atoms with Crippen molar-refractivity contribution in [3.05, 3.63) is 29.8 Å². The van der Waals surface area contributed by atoms with Gasteiger partial charge >= 0.3 is 0 Å². The first-order valence-corrected chi connectivity index (χ1v) is 7.58. The highest BCUT2D eigenvalue weighted by molar-refractivity contribution is 5.97. The van der Waals surface area contributed by atoms with E-state index in [1.165, 1.54) is 5.56 Å². The predicted octanol–water partition coefficient (Wildman–Crippen LogP) is 3.01. The molecule has 21 heavy (non-hydrogen) atoms. The second-order valence-electron chi connectivity index (χ2n) is 6.31. The zero-order valence-corrected chi connectivity index (χ0v) is 13.2. The molecule has 0 radical (unpaired) electrons. The number of benzene rings is 1. The molecule has 1 N–H and O–H groups in total. The maximum Gasteiger partial charge on any atom is 0.229 e. The molecule has 2 amide bonds.